The topological polar surface area (TPSA) is 40.1 Å². The van der Waals surface area contributed by atoms with Crippen LogP contribution in [0.4, 0.5) is 0 Å². The smallest absolute Gasteiger partial charge is 0.199 e. The molecule has 1 fully saturated rings. The number of piperazine rings is 1. The number of benzene rings is 2. The minimum Gasteiger partial charge on any atom is -0.304 e. The first-order valence-electron chi connectivity index (χ1n) is 8.78. The summed E-state index contributed by atoms with van der Waals surface area (Å²) in [5, 5.41) is 9.90. The summed E-state index contributed by atoms with van der Waals surface area (Å²) < 4.78 is 2.75. The number of nitrogens with zero attached hydrogens (tertiary/aromatic N) is 4. The molecule has 0 amide bonds. The van der Waals surface area contributed by atoms with Gasteiger partial charge in [-0.2, -0.15) is 5.10 Å². The molecule has 1 N–H and O–H groups in total. The summed E-state index contributed by atoms with van der Waals surface area (Å²) in [6, 6.07) is 14.7. The Balaban J connectivity index is 1.62. The highest BCUT2D eigenvalue weighted by Crippen LogP contribution is 2.23. The average molecular weight is 353 g/mol. The number of aromatic nitrogens is 3. The summed E-state index contributed by atoms with van der Waals surface area (Å²) in [7, 11) is 2.18. The third-order valence-electron chi connectivity index (χ3n) is 5.00. The Hall–Kier alpha value is -2.02. The van der Waals surface area contributed by atoms with Gasteiger partial charge in [0.1, 0.15) is 5.82 Å². The molecule has 4 rings (SSSR count). The van der Waals surface area contributed by atoms with Gasteiger partial charge in [0.2, 0.25) is 0 Å². The molecule has 130 valence electrons. The van der Waals surface area contributed by atoms with E-state index in [1.54, 1.807) is 0 Å². The number of nitrogens with one attached hydrogen (secondary N) is 1. The highest BCUT2D eigenvalue weighted by Gasteiger charge is 2.16. The van der Waals surface area contributed by atoms with Crippen molar-refractivity contribution in [1.29, 1.82) is 0 Å². The second-order valence-electron chi connectivity index (χ2n) is 6.67. The number of hydrogen-bond donors (Lipinski definition) is 1. The molecule has 3 aromatic rings. The zero-order chi connectivity index (χ0) is 17.2. The van der Waals surface area contributed by atoms with Gasteiger partial charge in [0.05, 0.1) is 5.69 Å². The quantitative estimate of drug-likeness (QED) is 0.732. The lowest BCUT2D eigenvalue weighted by Crippen LogP contribution is -2.45. The summed E-state index contributed by atoms with van der Waals surface area (Å²) >= 11 is 5.53. The maximum absolute atomic E-state index is 5.53. The lowest BCUT2D eigenvalue weighted by molar-refractivity contribution is 0.155. The lowest BCUT2D eigenvalue weighted by atomic mass is 10.1. The molecule has 6 heteroatoms. The van der Waals surface area contributed by atoms with Crippen LogP contribution in [0.15, 0.2) is 42.5 Å². The van der Waals surface area contributed by atoms with Gasteiger partial charge in [-0.05, 0) is 30.7 Å². The Kier molecular flexibility index (Phi) is 4.65. The van der Waals surface area contributed by atoms with Gasteiger partial charge in [-0.15, -0.1) is 0 Å². The van der Waals surface area contributed by atoms with Crippen molar-refractivity contribution in [3.63, 3.8) is 0 Å². The van der Waals surface area contributed by atoms with Crippen molar-refractivity contribution in [2.75, 3.05) is 39.8 Å². The molecule has 1 aliphatic heterocycles. The fourth-order valence-electron chi connectivity index (χ4n) is 3.48. The van der Waals surface area contributed by atoms with Gasteiger partial charge in [-0.25, -0.2) is 0 Å². The van der Waals surface area contributed by atoms with Crippen molar-refractivity contribution in [1.82, 2.24) is 24.6 Å². The van der Waals surface area contributed by atoms with Crippen LogP contribution < -0.4 is 0 Å². The molecule has 1 aliphatic rings. The van der Waals surface area contributed by atoms with Crippen LogP contribution in [0.3, 0.4) is 0 Å². The van der Waals surface area contributed by atoms with Crippen molar-refractivity contribution in [2.45, 2.75) is 6.42 Å². The van der Waals surface area contributed by atoms with Crippen molar-refractivity contribution < 1.29 is 0 Å². The molecule has 0 bridgehead atoms. The van der Waals surface area contributed by atoms with Gasteiger partial charge in [-0.1, -0.05) is 36.4 Å². The second kappa shape index (κ2) is 7.07. The maximum atomic E-state index is 5.53. The summed E-state index contributed by atoms with van der Waals surface area (Å²) in [4.78, 5) is 4.88. The first kappa shape index (κ1) is 16.4. The predicted molar refractivity (Wildman–Crippen MR) is 104 cm³/mol. The Morgan fingerprint density at radius 3 is 2.64 bits per heavy atom. The summed E-state index contributed by atoms with van der Waals surface area (Å²) in [6.07, 6.45) is 0.889. The molecule has 25 heavy (non-hydrogen) atoms. The molecule has 0 unspecified atom stereocenters. The van der Waals surface area contributed by atoms with E-state index in [-0.39, 0.29) is 0 Å². The summed E-state index contributed by atoms with van der Waals surface area (Å²) in [5.74, 6) is 1.00. The predicted octanol–water partition coefficient (Wildman–Crippen LogP) is 2.87. The number of rotatable bonds is 4. The largest absolute Gasteiger partial charge is 0.304 e. The average Bonchev–Trinajstić information content (AvgIpc) is 3.01. The molecule has 0 radical (unpaired) electrons. The normalized spacial score (nSPS) is 16.5. The molecule has 2 aromatic carbocycles. The van der Waals surface area contributed by atoms with Gasteiger partial charge in [0.25, 0.3) is 0 Å². The van der Waals surface area contributed by atoms with Crippen LogP contribution in [0.25, 0.3) is 16.5 Å². The monoisotopic (exact) mass is 353 g/mol. The van der Waals surface area contributed by atoms with Crippen LogP contribution in [0, 0.1) is 4.77 Å². The minimum atomic E-state index is 0.657. The van der Waals surface area contributed by atoms with E-state index in [1.165, 1.54) is 10.8 Å². The van der Waals surface area contributed by atoms with Crippen molar-refractivity contribution in [2.24, 2.45) is 0 Å². The molecule has 0 aliphatic carbocycles. The Morgan fingerprint density at radius 2 is 1.80 bits per heavy atom. The molecular weight excluding hydrogens is 330 g/mol. The molecular formula is C19H23N5S. The number of fused-ring (bicyclic) bond motifs is 1. The summed E-state index contributed by atoms with van der Waals surface area (Å²) in [5.41, 5.74) is 1.10. The van der Waals surface area contributed by atoms with Crippen molar-refractivity contribution >= 4 is 23.0 Å². The molecule has 1 saturated heterocycles. The molecule has 0 atom stereocenters. The molecule has 1 aromatic heterocycles. The van der Waals surface area contributed by atoms with Crippen LogP contribution in [0.5, 0.6) is 0 Å². The zero-order valence-corrected chi connectivity index (χ0v) is 15.3. The van der Waals surface area contributed by atoms with E-state index in [0.717, 1.165) is 50.7 Å². The van der Waals surface area contributed by atoms with Gasteiger partial charge in [0.15, 0.2) is 4.77 Å². The van der Waals surface area contributed by atoms with Gasteiger partial charge in [0, 0.05) is 44.5 Å². The fourth-order valence-corrected chi connectivity index (χ4v) is 3.73. The van der Waals surface area contributed by atoms with Crippen molar-refractivity contribution in [3.8, 4) is 5.69 Å². The first-order valence-corrected chi connectivity index (χ1v) is 9.18. The van der Waals surface area contributed by atoms with Crippen LogP contribution in [-0.4, -0.2) is 64.3 Å². The third kappa shape index (κ3) is 3.38. The SMILES string of the molecule is CN1CCN(CCc2n[nH]c(=S)n2-c2cccc3ccccc23)CC1. The maximum Gasteiger partial charge on any atom is 0.199 e. The van der Waals surface area contributed by atoms with Gasteiger partial charge >= 0.3 is 0 Å². The van der Waals surface area contributed by atoms with Crippen LogP contribution >= 0.6 is 12.2 Å². The number of likely N-dealkylation sites (N-methyl/N-ethyl adjacent to an activating group) is 1. The van der Waals surface area contributed by atoms with E-state index < -0.39 is 0 Å². The van der Waals surface area contributed by atoms with E-state index in [4.69, 9.17) is 12.2 Å². The third-order valence-corrected chi connectivity index (χ3v) is 5.27. The summed E-state index contributed by atoms with van der Waals surface area (Å²) in [6.45, 7) is 5.52. The van der Waals surface area contributed by atoms with Crippen LogP contribution in [-0.2, 0) is 6.42 Å². The van der Waals surface area contributed by atoms with Gasteiger partial charge < -0.3 is 9.80 Å². The number of aromatic amines is 1. The highest BCUT2D eigenvalue weighted by atomic mass is 32.1. The minimum absolute atomic E-state index is 0.657. The van der Waals surface area contributed by atoms with Crippen molar-refractivity contribution in [3.05, 3.63) is 53.1 Å². The Labute approximate surface area is 152 Å². The van der Waals surface area contributed by atoms with Crippen LogP contribution in [0.2, 0.25) is 0 Å². The van der Waals surface area contributed by atoms with E-state index in [9.17, 15) is 0 Å². The van der Waals surface area contributed by atoms with E-state index in [0.29, 0.717) is 4.77 Å². The Morgan fingerprint density at radius 1 is 1.04 bits per heavy atom. The van der Waals surface area contributed by atoms with Gasteiger partial charge in [-0.3, -0.25) is 9.67 Å². The second-order valence-corrected chi connectivity index (χ2v) is 7.06. The Bertz CT molecular complexity index is 915. The number of H-pyrrole nitrogens is 1. The molecule has 0 spiro atoms. The molecule has 5 nitrogen and oxygen atoms in total. The zero-order valence-electron chi connectivity index (χ0n) is 14.5. The number of hydrogen-bond acceptors (Lipinski definition) is 4. The standard InChI is InChI=1S/C19H23N5S/c1-22-11-13-23(14-12-22)10-9-18-20-21-19(25)24(18)17-8-4-6-15-5-2-3-7-16(15)17/h2-8H,9-14H2,1H3,(H,21,25). The lowest BCUT2D eigenvalue weighted by Gasteiger charge is -2.32. The molecule has 2 heterocycles. The fraction of sp³-hybridized carbons (Fsp3) is 0.368. The molecule has 0 saturated carbocycles. The van der Waals surface area contributed by atoms with Crippen LogP contribution in [0.1, 0.15) is 5.82 Å². The van der Waals surface area contributed by atoms with E-state index in [1.807, 2.05) is 0 Å². The highest BCUT2D eigenvalue weighted by molar-refractivity contribution is 7.71. The van der Waals surface area contributed by atoms with E-state index in [2.05, 4.69) is 74.1 Å². The first-order chi connectivity index (χ1) is 12.2. The van der Waals surface area contributed by atoms with E-state index >= 15 is 0 Å².